The lowest BCUT2D eigenvalue weighted by Gasteiger charge is -2.24. The summed E-state index contributed by atoms with van der Waals surface area (Å²) in [5.74, 6) is 0.0313. The lowest BCUT2D eigenvalue weighted by molar-refractivity contribution is 0.100. The molecule has 1 aliphatic carbocycles. The second-order valence-corrected chi connectivity index (χ2v) is 6.82. The van der Waals surface area contributed by atoms with Crippen molar-refractivity contribution in [3.05, 3.63) is 34.9 Å². The van der Waals surface area contributed by atoms with E-state index in [1.54, 1.807) is 16.8 Å². The third-order valence-corrected chi connectivity index (χ3v) is 4.70. The second kappa shape index (κ2) is 5.91. The van der Waals surface area contributed by atoms with Crippen molar-refractivity contribution in [2.75, 3.05) is 5.73 Å². The first-order valence-corrected chi connectivity index (χ1v) is 8.31. The Bertz CT molecular complexity index is 937. The number of carbonyl (C=O) groups is 1. The van der Waals surface area contributed by atoms with E-state index in [0.717, 1.165) is 11.4 Å². The van der Waals surface area contributed by atoms with Crippen LogP contribution >= 0.6 is 0 Å². The Labute approximate surface area is 146 Å². The molecule has 7 heteroatoms. The number of primary amides is 1. The molecule has 1 amide bonds. The largest absolute Gasteiger partial charge is 0.508 e. The Morgan fingerprint density at radius 1 is 1.44 bits per heavy atom. The number of carbonyl (C=O) groups excluding carboxylic acids is 1. The summed E-state index contributed by atoms with van der Waals surface area (Å²) >= 11 is 0. The van der Waals surface area contributed by atoms with E-state index in [4.69, 9.17) is 11.5 Å². The summed E-state index contributed by atoms with van der Waals surface area (Å²) in [6.45, 7) is 7.85. The Hall–Kier alpha value is -2.83. The maximum absolute atomic E-state index is 12.0. The van der Waals surface area contributed by atoms with Crippen LogP contribution in [0.1, 0.15) is 56.1 Å². The quantitative estimate of drug-likeness (QED) is 0.792. The zero-order valence-electron chi connectivity index (χ0n) is 14.9. The molecule has 3 rings (SSSR count). The topological polar surface area (TPSA) is 120 Å². The zero-order chi connectivity index (χ0) is 18.5. The molecule has 0 spiro atoms. The van der Waals surface area contributed by atoms with E-state index in [-0.39, 0.29) is 29.0 Å². The van der Waals surface area contributed by atoms with Gasteiger partial charge in [0, 0.05) is 17.2 Å². The van der Waals surface area contributed by atoms with E-state index in [0.29, 0.717) is 23.2 Å². The van der Waals surface area contributed by atoms with E-state index in [9.17, 15) is 9.90 Å². The second-order valence-electron chi connectivity index (χ2n) is 6.82. The van der Waals surface area contributed by atoms with Crippen molar-refractivity contribution in [1.29, 1.82) is 0 Å². The molecule has 1 atom stereocenters. The average molecular weight is 341 g/mol. The van der Waals surface area contributed by atoms with Gasteiger partial charge in [-0.1, -0.05) is 20.8 Å². The molecular weight excluding hydrogens is 318 g/mol. The predicted octanol–water partition coefficient (Wildman–Crippen LogP) is 2.95. The lowest BCUT2D eigenvalue weighted by atomic mass is 9.93. The van der Waals surface area contributed by atoms with Crippen LogP contribution in [0.5, 0.6) is 0 Å². The van der Waals surface area contributed by atoms with Gasteiger partial charge in [0.1, 0.15) is 22.7 Å². The van der Waals surface area contributed by atoms with E-state index in [2.05, 4.69) is 9.97 Å². The summed E-state index contributed by atoms with van der Waals surface area (Å²) < 4.78 is 1.70. The molecule has 0 aliphatic heterocycles. The van der Waals surface area contributed by atoms with Crippen LogP contribution < -0.4 is 11.5 Å². The SMILES string of the molecule is CC1=C(n2c(N)c(C(N)=O)c3nc(C(C)C)cnc32)C(C)CC=C1O. The third-order valence-electron chi connectivity index (χ3n) is 4.70. The van der Waals surface area contributed by atoms with Crippen molar-refractivity contribution in [2.45, 2.75) is 40.0 Å². The minimum Gasteiger partial charge on any atom is -0.508 e. The minimum absolute atomic E-state index is 0.0982. The summed E-state index contributed by atoms with van der Waals surface area (Å²) in [6, 6.07) is 0. The smallest absolute Gasteiger partial charge is 0.254 e. The first kappa shape index (κ1) is 17.0. The lowest BCUT2D eigenvalue weighted by Crippen LogP contribution is -2.17. The molecule has 0 aromatic carbocycles. The molecule has 2 heterocycles. The minimum atomic E-state index is -0.641. The number of hydrogen-bond acceptors (Lipinski definition) is 5. The number of allylic oxidation sites excluding steroid dienone is 3. The Morgan fingerprint density at radius 2 is 2.12 bits per heavy atom. The number of anilines is 1. The van der Waals surface area contributed by atoms with Gasteiger partial charge in [-0.3, -0.25) is 9.36 Å². The normalized spacial score (nSPS) is 18.1. The van der Waals surface area contributed by atoms with Gasteiger partial charge in [0.2, 0.25) is 0 Å². The fourth-order valence-electron chi connectivity index (χ4n) is 3.28. The molecule has 0 fully saturated rings. The summed E-state index contributed by atoms with van der Waals surface area (Å²) in [4.78, 5) is 21.1. The van der Waals surface area contributed by atoms with Crippen molar-refractivity contribution < 1.29 is 9.90 Å². The maximum atomic E-state index is 12.0. The molecule has 0 saturated carbocycles. The van der Waals surface area contributed by atoms with Crippen molar-refractivity contribution in [3.8, 4) is 0 Å². The van der Waals surface area contributed by atoms with Gasteiger partial charge in [-0.2, -0.15) is 0 Å². The monoisotopic (exact) mass is 341 g/mol. The van der Waals surface area contributed by atoms with Crippen LogP contribution in [-0.2, 0) is 0 Å². The van der Waals surface area contributed by atoms with Gasteiger partial charge >= 0.3 is 0 Å². The number of hydrogen-bond donors (Lipinski definition) is 3. The van der Waals surface area contributed by atoms with Crippen LogP contribution in [0.4, 0.5) is 5.82 Å². The van der Waals surface area contributed by atoms with Crippen LogP contribution in [0.25, 0.3) is 16.9 Å². The third kappa shape index (κ3) is 2.56. The number of rotatable bonds is 3. The number of aromatic nitrogens is 3. The van der Waals surface area contributed by atoms with Crippen LogP contribution in [0.15, 0.2) is 23.6 Å². The van der Waals surface area contributed by atoms with Crippen LogP contribution in [0.2, 0.25) is 0 Å². The van der Waals surface area contributed by atoms with Crippen LogP contribution in [-0.4, -0.2) is 25.5 Å². The number of fused-ring (bicyclic) bond motifs is 1. The average Bonchev–Trinajstić information content (AvgIpc) is 2.83. The number of aliphatic hydroxyl groups is 1. The molecule has 25 heavy (non-hydrogen) atoms. The first-order valence-electron chi connectivity index (χ1n) is 8.31. The molecule has 1 aliphatic rings. The zero-order valence-corrected chi connectivity index (χ0v) is 14.9. The molecule has 5 N–H and O–H groups in total. The number of nitrogen functional groups attached to an aromatic ring is 1. The maximum Gasteiger partial charge on any atom is 0.254 e. The Balaban J connectivity index is 2.41. The predicted molar refractivity (Wildman–Crippen MR) is 97.9 cm³/mol. The first-order chi connectivity index (χ1) is 11.7. The van der Waals surface area contributed by atoms with Crippen molar-refractivity contribution in [1.82, 2.24) is 14.5 Å². The molecule has 132 valence electrons. The van der Waals surface area contributed by atoms with Crippen molar-refractivity contribution in [3.63, 3.8) is 0 Å². The summed E-state index contributed by atoms with van der Waals surface area (Å²) in [7, 11) is 0. The number of aliphatic hydroxyl groups excluding tert-OH is 1. The molecule has 7 nitrogen and oxygen atoms in total. The summed E-state index contributed by atoms with van der Waals surface area (Å²) in [5, 5.41) is 10.1. The van der Waals surface area contributed by atoms with E-state index in [1.807, 2.05) is 27.7 Å². The van der Waals surface area contributed by atoms with Crippen molar-refractivity contribution >= 4 is 28.6 Å². The molecule has 0 saturated heterocycles. The molecule has 1 unspecified atom stereocenters. The summed E-state index contributed by atoms with van der Waals surface area (Å²) in [5.41, 5.74) is 15.2. The van der Waals surface area contributed by atoms with Gasteiger partial charge in [-0.15, -0.1) is 0 Å². The Kier molecular flexibility index (Phi) is 4.02. The molecule has 2 aromatic rings. The molecule has 0 bridgehead atoms. The van der Waals surface area contributed by atoms with E-state index >= 15 is 0 Å². The Morgan fingerprint density at radius 3 is 2.72 bits per heavy atom. The van der Waals surface area contributed by atoms with Gasteiger partial charge in [0.05, 0.1) is 11.9 Å². The van der Waals surface area contributed by atoms with Crippen LogP contribution in [0.3, 0.4) is 0 Å². The fraction of sp³-hybridized carbons (Fsp3) is 0.389. The highest BCUT2D eigenvalue weighted by atomic mass is 16.3. The highest BCUT2D eigenvalue weighted by Crippen LogP contribution is 2.38. The van der Waals surface area contributed by atoms with Gasteiger partial charge in [0.25, 0.3) is 5.91 Å². The molecular formula is C18H23N5O2. The standard InChI is InChI=1S/C18H23N5O2/c1-8(2)11-7-21-18-14(22-11)13(17(20)25)16(19)23(18)15-9(3)5-6-12(24)10(15)4/h6-9,24H,5,19H2,1-4H3,(H2,20,25). The number of nitrogens with zero attached hydrogens (tertiary/aromatic N) is 3. The van der Waals surface area contributed by atoms with Gasteiger partial charge in [-0.25, -0.2) is 9.97 Å². The van der Waals surface area contributed by atoms with Gasteiger partial charge in [-0.05, 0) is 25.3 Å². The summed E-state index contributed by atoms with van der Waals surface area (Å²) in [6.07, 6.45) is 4.14. The number of amides is 1. The molecule has 0 radical (unpaired) electrons. The van der Waals surface area contributed by atoms with Gasteiger partial charge < -0.3 is 16.6 Å². The van der Waals surface area contributed by atoms with E-state index < -0.39 is 5.91 Å². The van der Waals surface area contributed by atoms with E-state index in [1.165, 1.54) is 0 Å². The van der Waals surface area contributed by atoms with Crippen LogP contribution in [0, 0.1) is 5.92 Å². The highest BCUT2D eigenvalue weighted by molar-refractivity contribution is 6.10. The van der Waals surface area contributed by atoms with Gasteiger partial charge in [0.15, 0.2) is 5.65 Å². The number of nitrogens with two attached hydrogens (primary N) is 2. The molecule has 2 aromatic heterocycles. The highest BCUT2D eigenvalue weighted by Gasteiger charge is 2.28. The van der Waals surface area contributed by atoms with Crippen molar-refractivity contribution in [2.24, 2.45) is 11.7 Å². The fourth-order valence-corrected chi connectivity index (χ4v) is 3.28.